The fourth-order valence-corrected chi connectivity index (χ4v) is 3.35. The average Bonchev–Trinajstić information content (AvgIpc) is 2.57. The van der Waals surface area contributed by atoms with Gasteiger partial charge in [-0.3, -0.25) is 0 Å². The second kappa shape index (κ2) is 4.47. The molecule has 0 bridgehead atoms. The van der Waals surface area contributed by atoms with Crippen LogP contribution in [-0.4, -0.2) is 5.88 Å². The molecule has 1 aromatic rings. The smallest absolute Gasteiger partial charge is 0.0226 e. The van der Waals surface area contributed by atoms with Crippen molar-refractivity contribution in [2.75, 3.05) is 5.88 Å². The molecular weight excluding hydrogens is 200 g/mol. The summed E-state index contributed by atoms with van der Waals surface area (Å²) < 4.78 is 0. The molecule has 72 valence electrons. The van der Waals surface area contributed by atoms with Crippen LogP contribution >= 0.6 is 22.9 Å². The number of fused-ring (bicyclic) bond motifs is 1. The number of thiophene rings is 1. The minimum Gasteiger partial charge on any atom is -0.145 e. The van der Waals surface area contributed by atoms with Gasteiger partial charge in [0.25, 0.3) is 0 Å². The first kappa shape index (κ1) is 9.54. The number of aryl methyl sites for hydroxylation is 3. The minimum atomic E-state index is 0.794. The highest BCUT2D eigenvalue weighted by molar-refractivity contribution is 7.12. The Morgan fingerprint density at radius 2 is 2.15 bits per heavy atom. The molecule has 0 saturated heterocycles. The Balaban J connectivity index is 2.07. The first-order chi connectivity index (χ1) is 6.40. The van der Waals surface area contributed by atoms with Crippen LogP contribution in [0.15, 0.2) is 6.07 Å². The zero-order valence-electron chi connectivity index (χ0n) is 7.81. The Morgan fingerprint density at radius 1 is 1.31 bits per heavy atom. The molecule has 13 heavy (non-hydrogen) atoms. The second-order valence-corrected chi connectivity index (χ2v) is 5.26. The molecule has 2 rings (SSSR count). The van der Waals surface area contributed by atoms with Crippen LogP contribution in [-0.2, 0) is 19.3 Å². The van der Waals surface area contributed by atoms with Crippen molar-refractivity contribution < 1.29 is 0 Å². The van der Waals surface area contributed by atoms with E-state index in [2.05, 4.69) is 6.07 Å². The van der Waals surface area contributed by atoms with Gasteiger partial charge >= 0.3 is 0 Å². The van der Waals surface area contributed by atoms with Crippen molar-refractivity contribution in [2.24, 2.45) is 0 Å². The Bertz CT molecular complexity index is 254. The SMILES string of the molecule is ClCCCc1cc2c(s1)CCCC2. The molecule has 0 spiro atoms. The summed E-state index contributed by atoms with van der Waals surface area (Å²) >= 11 is 7.70. The third-order valence-electron chi connectivity index (χ3n) is 2.60. The molecule has 0 aromatic carbocycles. The molecule has 0 saturated carbocycles. The van der Waals surface area contributed by atoms with Crippen molar-refractivity contribution in [2.45, 2.75) is 38.5 Å². The lowest BCUT2D eigenvalue weighted by Gasteiger charge is -2.08. The second-order valence-electron chi connectivity index (χ2n) is 3.66. The summed E-state index contributed by atoms with van der Waals surface area (Å²) in [7, 11) is 0. The van der Waals surface area contributed by atoms with E-state index in [9.17, 15) is 0 Å². The Labute approximate surface area is 88.9 Å². The molecule has 1 heterocycles. The van der Waals surface area contributed by atoms with Gasteiger partial charge in [0.05, 0.1) is 0 Å². The Morgan fingerprint density at radius 3 is 2.92 bits per heavy atom. The van der Waals surface area contributed by atoms with E-state index >= 15 is 0 Å². The minimum absolute atomic E-state index is 0.794. The summed E-state index contributed by atoms with van der Waals surface area (Å²) in [5.74, 6) is 0.794. The van der Waals surface area contributed by atoms with E-state index in [-0.39, 0.29) is 0 Å². The summed E-state index contributed by atoms with van der Waals surface area (Å²) in [6.45, 7) is 0. The van der Waals surface area contributed by atoms with E-state index in [1.54, 1.807) is 15.3 Å². The highest BCUT2D eigenvalue weighted by Gasteiger charge is 2.12. The highest BCUT2D eigenvalue weighted by atomic mass is 35.5. The van der Waals surface area contributed by atoms with Crippen molar-refractivity contribution >= 4 is 22.9 Å². The predicted molar refractivity (Wildman–Crippen MR) is 60.0 cm³/mol. The summed E-state index contributed by atoms with van der Waals surface area (Å²) in [6, 6.07) is 2.41. The van der Waals surface area contributed by atoms with Crippen molar-refractivity contribution in [1.82, 2.24) is 0 Å². The summed E-state index contributed by atoms with van der Waals surface area (Å²) in [6.07, 6.45) is 7.72. The number of rotatable bonds is 3. The van der Waals surface area contributed by atoms with Crippen LogP contribution in [0.5, 0.6) is 0 Å². The van der Waals surface area contributed by atoms with Gasteiger partial charge in [-0.2, -0.15) is 0 Å². The van der Waals surface area contributed by atoms with Crippen LogP contribution in [0.4, 0.5) is 0 Å². The first-order valence-electron chi connectivity index (χ1n) is 5.06. The maximum atomic E-state index is 5.68. The van der Waals surface area contributed by atoms with Gasteiger partial charge in [-0.05, 0) is 50.2 Å². The van der Waals surface area contributed by atoms with Crippen molar-refractivity contribution in [3.8, 4) is 0 Å². The van der Waals surface area contributed by atoms with Crippen LogP contribution in [0.25, 0.3) is 0 Å². The number of hydrogen-bond acceptors (Lipinski definition) is 1. The molecule has 1 aliphatic carbocycles. The molecule has 0 unspecified atom stereocenters. The molecule has 0 atom stereocenters. The van der Waals surface area contributed by atoms with Crippen molar-refractivity contribution in [3.63, 3.8) is 0 Å². The Kier molecular flexibility index (Phi) is 3.28. The number of hydrogen-bond donors (Lipinski definition) is 0. The number of halogens is 1. The average molecular weight is 215 g/mol. The van der Waals surface area contributed by atoms with Crippen LogP contribution in [0.1, 0.15) is 34.6 Å². The highest BCUT2D eigenvalue weighted by Crippen LogP contribution is 2.30. The van der Waals surface area contributed by atoms with Gasteiger partial charge in [0.2, 0.25) is 0 Å². The third kappa shape index (κ3) is 2.26. The fourth-order valence-electron chi connectivity index (χ4n) is 1.92. The van der Waals surface area contributed by atoms with Crippen LogP contribution < -0.4 is 0 Å². The van der Waals surface area contributed by atoms with Gasteiger partial charge in [-0.25, -0.2) is 0 Å². The number of alkyl halides is 1. The lowest BCUT2D eigenvalue weighted by atomic mass is 9.99. The zero-order valence-corrected chi connectivity index (χ0v) is 9.39. The van der Waals surface area contributed by atoms with Gasteiger partial charge in [-0.15, -0.1) is 22.9 Å². The van der Waals surface area contributed by atoms with Crippen LogP contribution in [0.2, 0.25) is 0 Å². The zero-order chi connectivity index (χ0) is 9.10. The quantitative estimate of drug-likeness (QED) is 0.672. The summed E-state index contributed by atoms with van der Waals surface area (Å²) in [5.41, 5.74) is 1.63. The van der Waals surface area contributed by atoms with Crippen molar-refractivity contribution in [3.05, 3.63) is 21.4 Å². The van der Waals surface area contributed by atoms with E-state index in [0.717, 1.165) is 12.3 Å². The summed E-state index contributed by atoms with van der Waals surface area (Å²) in [5, 5.41) is 0. The molecule has 1 aliphatic rings. The van der Waals surface area contributed by atoms with Crippen LogP contribution in [0.3, 0.4) is 0 Å². The normalized spacial score (nSPS) is 15.8. The lowest BCUT2D eigenvalue weighted by molar-refractivity contribution is 0.697. The standard InChI is InChI=1S/C11H15ClS/c12-7-3-5-10-8-9-4-1-2-6-11(9)13-10/h8H,1-7H2. The van der Waals surface area contributed by atoms with Gasteiger partial charge in [0.15, 0.2) is 0 Å². The molecule has 0 N–H and O–H groups in total. The van der Waals surface area contributed by atoms with Crippen molar-refractivity contribution in [1.29, 1.82) is 0 Å². The van der Waals surface area contributed by atoms with E-state index in [1.165, 1.54) is 32.1 Å². The third-order valence-corrected chi connectivity index (χ3v) is 4.17. The molecule has 0 aliphatic heterocycles. The van der Waals surface area contributed by atoms with Gasteiger partial charge in [-0.1, -0.05) is 0 Å². The molecule has 2 heteroatoms. The van der Waals surface area contributed by atoms with E-state index in [0.29, 0.717) is 0 Å². The molecule has 0 amide bonds. The van der Waals surface area contributed by atoms with E-state index < -0.39 is 0 Å². The molecular formula is C11H15ClS. The molecule has 0 fully saturated rings. The monoisotopic (exact) mass is 214 g/mol. The topological polar surface area (TPSA) is 0 Å². The lowest BCUT2D eigenvalue weighted by Crippen LogP contribution is -1.96. The fraction of sp³-hybridized carbons (Fsp3) is 0.636. The molecule has 0 radical (unpaired) electrons. The van der Waals surface area contributed by atoms with Gasteiger partial charge in [0.1, 0.15) is 0 Å². The summed E-state index contributed by atoms with van der Waals surface area (Å²) in [4.78, 5) is 3.20. The van der Waals surface area contributed by atoms with Gasteiger partial charge in [0, 0.05) is 15.6 Å². The predicted octanol–water partition coefficient (Wildman–Crippen LogP) is 3.80. The molecule has 1 aromatic heterocycles. The maximum Gasteiger partial charge on any atom is 0.0226 e. The molecule has 0 nitrogen and oxygen atoms in total. The van der Waals surface area contributed by atoms with E-state index in [4.69, 9.17) is 11.6 Å². The van der Waals surface area contributed by atoms with Crippen LogP contribution in [0, 0.1) is 0 Å². The largest absolute Gasteiger partial charge is 0.145 e. The van der Waals surface area contributed by atoms with E-state index in [1.807, 2.05) is 11.3 Å². The first-order valence-corrected chi connectivity index (χ1v) is 6.41. The Hall–Kier alpha value is -0.0100. The maximum absolute atomic E-state index is 5.68. The van der Waals surface area contributed by atoms with Gasteiger partial charge < -0.3 is 0 Å².